The number of carbonyl (C=O) groups is 1. The van der Waals surface area contributed by atoms with Crippen LogP contribution in [0.3, 0.4) is 0 Å². The number of benzene rings is 2. The van der Waals surface area contributed by atoms with E-state index in [0.717, 1.165) is 51.3 Å². The van der Waals surface area contributed by atoms with Crippen molar-refractivity contribution in [1.82, 2.24) is 19.1 Å². The molecular formula is C23H19BrN4O2. The van der Waals surface area contributed by atoms with E-state index < -0.39 is 5.97 Å². The zero-order valence-corrected chi connectivity index (χ0v) is 17.9. The third-order valence-corrected chi connectivity index (χ3v) is 7.03. The summed E-state index contributed by atoms with van der Waals surface area (Å²) in [5.41, 5.74) is 5.12. The standard InChI is InChI=1S/C23H19BrN4O2/c1-12-25-18-4-2-3-5-19(18)27(12)11-20-21(23(29)30)26-22-17-10-14(24)6-7-16(17)13-8-15(9-13)28(20)22/h2-7,10,13,15H,8-9,11H2,1H3,(H,29,30). The van der Waals surface area contributed by atoms with Crippen molar-refractivity contribution in [3.05, 3.63) is 69.7 Å². The van der Waals surface area contributed by atoms with Crippen LogP contribution in [0.2, 0.25) is 0 Å². The molecule has 0 amide bonds. The number of hydrogen-bond donors (Lipinski definition) is 1. The number of rotatable bonds is 3. The number of halogens is 1. The van der Waals surface area contributed by atoms with Gasteiger partial charge in [-0.15, -0.1) is 0 Å². The van der Waals surface area contributed by atoms with Crippen LogP contribution in [0.5, 0.6) is 0 Å². The maximum atomic E-state index is 12.2. The first-order valence-corrected chi connectivity index (χ1v) is 10.9. The summed E-state index contributed by atoms with van der Waals surface area (Å²) in [4.78, 5) is 21.5. The molecule has 1 aliphatic carbocycles. The summed E-state index contributed by atoms with van der Waals surface area (Å²) in [7, 11) is 0. The topological polar surface area (TPSA) is 72.9 Å². The minimum Gasteiger partial charge on any atom is -0.476 e. The molecule has 30 heavy (non-hydrogen) atoms. The van der Waals surface area contributed by atoms with Crippen LogP contribution in [0.25, 0.3) is 22.4 Å². The molecule has 0 spiro atoms. The Morgan fingerprint density at radius 3 is 2.80 bits per heavy atom. The molecule has 6 nitrogen and oxygen atoms in total. The highest BCUT2D eigenvalue weighted by Crippen LogP contribution is 2.53. The highest BCUT2D eigenvalue weighted by Gasteiger charge is 2.41. The number of nitrogens with zero attached hydrogens (tertiary/aromatic N) is 4. The minimum atomic E-state index is -0.986. The highest BCUT2D eigenvalue weighted by molar-refractivity contribution is 9.10. The van der Waals surface area contributed by atoms with E-state index in [4.69, 9.17) is 0 Å². The largest absolute Gasteiger partial charge is 0.476 e. The zero-order chi connectivity index (χ0) is 20.6. The molecule has 1 saturated carbocycles. The second-order valence-corrected chi connectivity index (χ2v) is 9.11. The van der Waals surface area contributed by atoms with Crippen LogP contribution in [-0.4, -0.2) is 30.2 Å². The first-order chi connectivity index (χ1) is 14.5. The summed E-state index contributed by atoms with van der Waals surface area (Å²) in [6.45, 7) is 2.40. The lowest BCUT2D eigenvalue weighted by molar-refractivity contribution is 0.0689. The van der Waals surface area contributed by atoms with Crippen LogP contribution in [0, 0.1) is 6.92 Å². The minimum absolute atomic E-state index is 0.137. The second kappa shape index (κ2) is 6.28. The van der Waals surface area contributed by atoms with E-state index in [-0.39, 0.29) is 11.7 Å². The summed E-state index contributed by atoms with van der Waals surface area (Å²) < 4.78 is 5.26. The van der Waals surface area contributed by atoms with Crippen LogP contribution >= 0.6 is 15.9 Å². The average Bonchev–Trinajstić information content (AvgIpc) is 3.13. The fraction of sp³-hybridized carbons (Fsp3) is 0.261. The van der Waals surface area contributed by atoms with Gasteiger partial charge in [0.2, 0.25) is 0 Å². The molecule has 2 aromatic carbocycles. The van der Waals surface area contributed by atoms with E-state index in [0.29, 0.717) is 12.5 Å². The molecule has 2 aliphatic heterocycles. The number of fused-ring (bicyclic) bond motifs is 1. The molecule has 2 aromatic heterocycles. The summed E-state index contributed by atoms with van der Waals surface area (Å²) in [5.74, 6) is 1.16. The van der Waals surface area contributed by atoms with Crippen LogP contribution in [0.4, 0.5) is 0 Å². The Balaban J connectivity index is 1.59. The normalized spacial score (nSPS) is 19.1. The zero-order valence-electron chi connectivity index (χ0n) is 16.3. The second-order valence-electron chi connectivity index (χ2n) is 8.19. The lowest BCUT2D eigenvalue weighted by Crippen LogP contribution is -2.25. The van der Waals surface area contributed by atoms with E-state index in [1.807, 2.05) is 31.2 Å². The van der Waals surface area contributed by atoms with E-state index >= 15 is 0 Å². The number of imidazole rings is 2. The van der Waals surface area contributed by atoms with Crippen molar-refractivity contribution in [2.45, 2.75) is 38.3 Å². The number of carboxylic acid groups (broad SMARTS) is 1. The number of carboxylic acids is 1. The van der Waals surface area contributed by atoms with Gasteiger partial charge in [0, 0.05) is 16.1 Å². The Hall–Kier alpha value is -2.93. The van der Waals surface area contributed by atoms with Gasteiger partial charge >= 0.3 is 5.97 Å². The Bertz CT molecular complexity index is 1350. The van der Waals surface area contributed by atoms with E-state index in [9.17, 15) is 9.90 Å². The number of aromatic nitrogens is 4. The van der Waals surface area contributed by atoms with Crippen LogP contribution in [-0.2, 0) is 6.54 Å². The number of aromatic carboxylic acids is 1. The van der Waals surface area contributed by atoms with Crippen molar-refractivity contribution in [3.63, 3.8) is 0 Å². The SMILES string of the molecule is Cc1nc2ccccc2n1Cc1c(C(=O)O)nc2n1C1CC(C1)c1ccc(Br)cc1-2. The predicted molar refractivity (Wildman–Crippen MR) is 117 cm³/mol. The van der Waals surface area contributed by atoms with Gasteiger partial charge in [0.25, 0.3) is 0 Å². The Morgan fingerprint density at radius 1 is 1.20 bits per heavy atom. The molecule has 1 N–H and O–H groups in total. The maximum absolute atomic E-state index is 12.2. The molecule has 1 fully saturated rings. The van der Waals surface area contributed by atoms with Crippen molar-refractivity contribution in [1.29, 1.82) is 0 Å². The van der Waals surface area contributed by atoms with Crippen molar-refractivity contribution in [2.75, 3.05) is 0 Å². The highest BCUT2D eigenvalue weighted by atomic mass is 79.9. The molecule has 3 aliphatic rings. The van der Waals surface area contributed by atoms with Crippen molar-refractivity contribution < 1.29 is 9.90 Å². The number of para-hydroxylation sites is 2. The van der Waals surface area contributed by atoms with Gasteiger partial charge in [-0.3, -0.25) is 0 Å². The van der Waals surface area contributed by atoms with Gasteiger partial charge in [0.1, 0.15) is 11.6 Å². The Kier molecular flexibility index (Phi) is 3.75. The molecule has 0 atom stereocenters. The molecule has 0 radical (unpaired) electrons. The van der Waals surface area contributed by atoms with Crippen LogP contribution in [0.15, 0.2) is 46.9 Å². The van der Waals surface area contributed by atoms with Gasteiger partial charge in [-0.2, -0.15) is 0 Å². The monoisotopic (exact) mass is 462 g/mol. The van der Waals surface area contributed by atoms with Crippen molar-refractivity contribution >= 4 is 32.9 Å². The molecule has 7 heteroatoms. The van der Waals surface area contributed by atoms with E-state index in [1.165, 1.54) is 5.56 Å². The average molecular weight is 463 g/mol. The molecule has 4 aromatic rings. The summed E-state index contributed by atoms with van der Waals surface area (Å²) in [5, 5.41) is 9.99. The summed E-state index contributed by atoms with van der Waals surface area (Å²) in [6, 6.07) is 14.5. The smallest absolute Gasteiger partial charge is 0.356 e. The quantitative estimate of drug-likeness (QED) is 0.456. The number of hydrogen-bond acceptors (Lipinski definition) is 3. The molecule has 2 bridgehead atoms. The van der Waals surface area contributed by atoms with Crippen molar-refractivity contribution in [2.24, 2.45) is 0 Å². The molecule has 150 valence electrons. The number of aryl methyl sites for hydroxylation is 1. The Morgan fingerprint density at radius 2 is 2.00 bits per heavy atom. The van der Waals surface area contributed by atoms with Gasteiger partial charge < -0.3 is 14.2 Å². The third-order valence-electron chi connectivity index (χ3n) is 6.54. The van der Waals surface area contributed by atoms with E-state index in [2.05, 4.69) is 53.2 Å². The van der Waals surface area contributed by atoms with Crippen LogP contribution in [0.1, 0.15) is 52.4 Å². The fourth-order valence-electron chi connectivity index (χ4n) is 5.05. The predicted octanol–water partition coefficient (Wildman–Crippen LogP) is 5.15. The molecule has 7 rings (SSSR count). The lowest BCUT2D eigenvalue weighted by Gasteiger charge is -2.35. The van der Waals surface area contributed by atoms with Gasteiger partial charge in [0.15, 0.2) is 5.69 Å². The van der Waals surface area contributed by atoms with Crippen molar-refractivity contribution in [3.8, 4) is 11.4 Å². The molecule has 0 unspecified atom stereocenters. The molecule has 4 heterocycles. The molecular weight excluding hydrogens is 444 g/mol. The fourth-order valence-corrected chi connectivity index (χ4v) is 5.41. The first-order valence-electron chi connectivity index (χ1n) is 10.1. The molecule has 0 saturated heterocycles. The van der Waals surface area contributed by atoms with Gasteiger partial charge in [-0.1, -0.05) is 34.1 Å². The van der Waals surface area contributed by atoms with Gasteiger partial charge in [-0.25, -0.2) is 14.8 Å². The Labute approximate surface area is 181 Å². The van der Waals surface area contributed by atoms with E-state index in [1.54, 1.807) is 0 Å². The van der Waals surface area contributed by atoms with Crippen LogP contribution < -0.4 is 0 Å². The lowest BCUT2D eigenvalue weighted by atomic mass is 9.75. The first kappa shape index (κ1) is 17.9. The third kappa shape index (κ3) is 2.45. The maximum Gasteiger partial charge on any atom is 0.356 e. The summed E-state index contributed by atoms with van der Waals surface area (Å²) >= 11 is 3.58. The summed E-state index contributed by atoms with van der Waals surface area (Å²) in [6.07, 6.45) is 2.04. The van der Waals surface area contributed by atoms with Gasteiger partial charge in [0.05, 0.1) is 23.3 Å². The van der Waals surface area contributed by atoms with Gasteiger partial charge in [-0.05, 0) is 55.5 Å².